The van der Waals surface area contributed by atoms with Crippen molar-refractivity contribution in [1.82, 2.24) is 5.32 Å². The Kier molecular flexibility index (Phi) is 7.21. The van der Waals surface area contributed by atoms with E-state index in [0.717, 1.165) is 57.9 Å². The topological polar surface area (TPSA) is 69.6 Å². The molecule has 1 saturated carbocycles. The fraction of sp³-hybridized carbons (Fsp3) is 0.923. The van der Waals surface area contributed by atoms with Crippen molar-refractivity contribution in [1.29, 1.82) is 0 Å². The van der Waals surface area contributed by atoms with Crippen molar-refractivity contribution in [2.75, 3.05) is 13.2 Å². The predicted molar refractivity (Wildman–Crippen MR) is 66.9 cm³/mol. The SMILES string of the molecule is O=C(O)C1CCCC(NCCCCCCO)C1. The molecule has 0 aromatic heterocycles. The van der Waals surface area contributed by atoms with E-state index in [0.29, 0.717) is 6.04 Å². The highest BCUT2D eigenvalue weighted by Gasteiger charge is 2.26. The number of unbranched alkanes of at least 4 members (excludes halogenated alkanes) is 3. The molecule has 0 heterocycles. The first-order valence-corrected chi connectivity index (χ1v) is 6.81. The lowest BCUT2D eigenvalue weighted by molar-refractivity contribution is -0.143. The molecule has 17 heavy (non-hydrogen) atoms. The number of aliphatic hydroxyl groups is 1. The van der Waals surface area contributed by atoms with Crippen LogP contribution in [0, 0.1) is 5.92 Å². The van der Waals surface area contributed by atoms with Crippen molar-refractivity contribution in [3.8, 4) is 0 Å². The van der Waals surface area contributed by atoms with E-state index < -0.39 is 5.97 Å². The molecule has 1 rings (SSSR count). The van der Waals surface area contributed by atoms with Gasteiger partial charge in [0.2, 0.25) is 0 Å². The molecule has 0 saturated heterocycles. The minimum Gasteiger partial charge on any atom is -0.481 e. The molecule has 0 aromatic rings. The second kappa shape index (κ2) is 8.48. The maximum atomic E-state index is 10.9. The van der Waals surface area contributed by atoms with E-state index in [1.54, 1.807) is 0 Å². The Bertz CT molecular complexity index is 221. The Morgan fingerprint density at radius 3 is 2.65 bits per heavy atom. The van der Waals surface area contributed by atoms with Crippen LogP contribution >= 0.6 is 0 Å². The molecule has 4 heteroatoms. The van der Waals surface area contributed by atoms with Crippen molar-refractivity contribution in [3.63, 3.8) is 0 Å². The first kappa shape index (κ1) is 14.5. The van der Waals surface area contributed by atoms with Gasteiger partial charge >= 0.3 is 5.97 Å². The van der Waals surface area contributed by atoms with E-state index in [1.165, 1.54) is 0 Å². The van der Waals surface area contributed by atoms with Crippen molar-refractivity contribution < 1.29 is 15.0 Å². The van der Waals surface area contributed by atoms with E-state index in [1.807, 2.05) is 0 Å². The van der Waals surface area contributed by atoms with Crippen LogP contribution in [-0.4, -0.2) is 35.4 Å². The van der Waals surface area contributed by atoms with Crippen molar-refractivity contribution >= 4 is 5.97 Å². The molecule has 4 nitrogen and oxygen atoms in total. The van der Waals surface area contributed by atoms with Gasteiger partial charge in [0.05, 0.1) is 5.92 Å². The molecule has 0 aromatic carbocycles. The highest BCUT2D eigenvalue weighted by atomic mass is 16.4. The van der Waals surface area contributed by atoms with Gasteiger partial charge in [0, 0.05) is 12.6 Å². The molecular formula is C13H25NO3. The van der Waals surface area contributed by atoms with Crippen LogP contribution in [0.1, 0.15) is 51.4 Å². The zero-order valence-electron chi connectivity index (χ0n) is 10.5. The molecule has 2 unspecified atom stereocenters. The third-order valence-electron chi connectivity index (χ3n) is 3.54. The molecule has 0 amide bonds. The summed E-state index contributed by atoms with van der Waals surface area (Å²) < 4.78 is 0. The second-order valence-electron chi connectivity index (χ2n) is 4.99. The van der Waals surface area contributed by atoms with Gasteiger partial charge in [-0.1, -0.05) is 19.3 Å². The number of rotatable bonds is 8. The summed E-state index contributed by atoms with van der Waals surface area (Å²) in [7, 11) is 0. The summed E-state index contributed by atoms with van der Waals surface area (Å²) >= 11 is 0. The monoisotopic (exact) mass is 243 g/mol. The van der Waals surface area contributed by atoms with Crippen LogP contribution in [0.3, 0.4) is 0 Å². The molecule has 1 aliphatic rings. The summed E-state index contributed by atoms with van der Waals surface area (Å²) in [6.07, 6.45) is 8.00. The zero-order chi connectivity index (χ0) is 12.5. The average Bonchev–Trinajstić information content (AvgIpc) is 2.34. The number of hydrogen-bond acceptors (Lipinski definition) is 3. The van der Waals surface area contributed by atoms with Crippen LogP contribution in [0.5, 0.6) is 0 Å². The van der Waals surface area contributed by atoms with Gasteiger partial charge in [-0.15, -0.1) is 0 Å². The Morgan fingerprint density at radius 1 is 1.18 bits per heavy atom. The quantitative estimate of drug-likeness (QED) is 0.568. The Morgan fingerprint density at radius 2 is 1.94 bits per heavy atom. The van der Waals surface area contributed by atoms with Gasteiger partial charge in [-0.25, -0.2) is 0 Å². The first-order chi connectivity index (χ1) is 8.24. The second-order valence-corrected chi connectivity index (χ2v) is 4.99. The van der Waals surface area contributed by atoms with Crippen LogP contribution in [0.25, 0.3) is 0 Å². The van der Waals surface area contributed by atoms with Crippen molar-refractivity contribution in [2.45, 2.75) is 57.4 Å². The van der Waals surface area contributed by atoms with Gasteiger partial charge in [-0.3, -0.25) is 4.79 Å². The summed E-state index contributed by atoms with van der Waals surface area (Å²) in [6.45, 7) is 1.26. The highest BCUT2D eigenvalue weighted by Crippen LogP contribution is 2.24. The summed E-state index contributed by atoms with van der Waals surface area (Å²) in [5.41, 5.74) is 0. The maximum Gasteiger partial charge on any atom is 0.306 e. The number of carboxylic acids is 1. The van der Waals surface area contributed by atoms with E-state index in [2.05, 4.69) is 5.32 Å². The molecule has 100 valence electrons. The lowest BCUT2D eigenvalue weighted by atomic mass is 9.86. The number of nitrogens with one attached hydrogen (secondary N) is 1. The third kappa shape index (κ3) is 6.03. The van der Waals surface area contributed by atoms with E-state index in [-0.39, 0.29) is 12.5 Å². The summed E-state index contributed by atoms with van der Waals surface area (Å²) in [5, 5.41) is 21.1. The van der Waals surface area contributed by atoms with Crippen LogP contribution in [0.2, 0.25) is 0 Å². The number of carbonyl (C=O) groups is 1. The largest absolute Gasteiger partial charge is 0.481 e. The van der Waals surface area contributed by atoms with Gasteiger partial charge in [0.15, 0.2) is 0 Å². The molecule has 0 spiro atoms. The molecule has 3 N–H and O–H groups in total. The van der Waals surface area contributed by atoms with Gasteiger partial charge < -0.3 is 15.5 Å². The van der Waals surface area contributed by atoms with Crippen LogP contribution in [0.4, 0.5) is 0 Å². The van der Waals surface area contributed by atoms with Crippen LogP contribution < -0.4 is 5.32 Å². The minimum atomic E-state index is -0.639. The Labute approximate surface area is 103 Å². The van der Waals surface area contributed by atoms with Crippen molar-refractivity contribution in [2.24, 2.45) is 5.92 Å². The highest BCUT2D eigenvalue weighted by molar-refractivity contribution is 5.70. The summed E-state index contributed by atoms with van der Waals surface area (Å²) in [6, 6.07) is 0.391. The smallest absolute Gasteiger partial charge is 0.306 e. The first-order valence-electron chi connectivity index (χ1n) is 6.81. The molecule has 0 bridgehead atoms. The normalized spacial score (nSPS) is 24.8. The summed E-state index contributed by atoms with van der Waals surface area (Å²) in [5.74, 6) is -0.782. The van der Waals surface area contributed by atoms with E-state index >= 15 is 0 Å². The fourth-order valence-electron chi connectivity index (χ4n) is 2.50. The number of aliphatic hydroxyl groups excluding tert-OH is 1. The Hall–Kier alpha value is -0.610. The predicted octanol–water partition coefficient (Wildman–Crippen LogP) is 1.77. The lowest BCUT2D eigenvalue weighted by Crippen LogP contribution is -2.36. The zero-order valence-corrected chi connectivity index (χ0v) is 10.5. The fourth-order valence-corrected chi connectivity index (χ4v) is 2.50. The summed E-state index contributed by atoms with van der Waals surface area (Å²) in [4.78, 5) is 10.9. The molecule has 2 atom stereocenters. The van der Waals surface area contributed by atoms with Gasteiger partial charge in [-0.05, 0) is 38.6 Å². The maximum absolute atomic E-state index is 10.9. The molecule has 0 radical (unpaired) electrons. The molecular weight excluding hydrogens is 218 g/mol. The number of carboxylic acid groups (broad SMARTS) is 1. The average molecular weight is 243 g/mol. The molecule has 1 fully saturated rings. The van der Waals surface area contributed by atoms with Crippen LogP contribution in [0.15, 0.2) is 0 Å². The third-order valence-corrected chi connectivity index (χ3v) is 3.54. The van der Waals surface area contributed by atoms with Crippen molar-refractivity contribution in [3.05, 3.63) is 0 Å². The standard InChI is InChI=1S/C13H25NO3/c15-9-4-2-1-3-8-14-12-7-5-6-11(10-12)13(16)17/h11-12,14-15H,1-10H2,(H,16,17). The Balaban J connectivity index is 2.04. The number of hydrogen-bond donors (Lipinski definition) is 3. The minimum absolute atomic E-state index is 0.143. The number of aliphatic carboxylic acids is 1. The van der Waals surface area contributed by atoms with E-state index in [4.69, 9.17) is 10.2 Å². The lowest BCUT2D eigenvalue weighted by Gasteiger charge is -2.27. The van der Waals surface area contributed by atoms with Crippen LogP contribution in [-0.2, 0) is 4.79 Å². The van der Waals surface area contributed by atoms with Gasteiger partial charge in [-0.2, -0.15) is 0 Å². The molecule has 1 aliphatic carbocycles. The van der Waals surface area contributed by atoms with Gasteiger partial charge in [0.25, 0.3) is 0 Å². The molecule has 0 aliphatic heterocycles. The van der Waals surface area contributed by atoms with Gasteiger partial charge in [0.1, 0.15) is 0 Å². The van der Waals surface area contributed by atoms with E-state index in [9.17, 15) is 4.79 Å².